The van der Waals surface area contributed by atoms with E-state index in [0.717, 1.165) is 52.5 Å². The molecule has 0 radical (unpaired) electrons. The van der Waals surface area contributed by atoms with Crippen LogP contribution in [0.25, 0.3) is 11.1 Å². The zero-order valence-corrected chi connectivity index (χ0v) is 21.6. The second-order valence-electron chi connectivity index (χ2n) is 10.3. The Morgan fingerprint density at radius 3 is 2.71 bits per heavy atom. The summed E-state index contributed by atoms with van der Waals surface area (Å²) in [4.78, 5) is 26.2. The van der Waals surface area contributed by atoms with Gasteiger partial charge in [0.15, 0.2) is 6.23 Å². The smallest absolute Gasteiger partial charge is 0.330 e. The number of aromatic nitrogens is 2. The van der Waals surface area contributed by atoms with Crippen molar-refractivity contribution in [1.29, 1.82) is 0 Å². The maximum absolute atomic E-state index is 12.5. The van der Waals surface area contributed by atoms with Crippen LogP contribution in [0, 0.1) is 0 Å². The van der Waals surface area contributed by atoms with Crippen molar-refractivity contribution in [1.82, 2.24) is 9.55 Å². The molecule has 1 aromatic heterocycles. The highest BCUT2D eigenvalue weighted by molar-refractivity contribution is 5.70. The summed E-state index contributed by atoms with van der Waals surface area (Å²) in [7, 11) is 0. The Balaban J connectivity index is 1.53. The second kappa shape index (κ2) is 10.9. The van der Waals surface area contributed by atoms with Crippen LogP contribution in [0.3, 0.4) is 0 Å². The summed E-state index contributed by atoms with van der Waals surface area (Å²) >= 11 is 0. The molecule has 0 unspecified atom stereocenters. The van der Waals surface area contributed by atoms with Gasteiger partial charge in [-0.05, 0) is 58.9 Å². The number of hydrogen-bond donors (Lipinski definition) is 4. The third kappa shape index (κ3) is 4.82. The van der Waals surface area contributed by atoms with Gasteiger partial charge in [0.2, 0.25) is 0 Å². The second-order valence-corrected chi connectivity index (χ2v) is 10.3. The monoisotopic (exact) mass is 521 g/mol. The average Bonchev–Trinajstić information content (AvgIpc) is 3.17. The average molecular weight is 522 g/mol. The lowest BCUT2D eigenvalue weighted by molar-refractivity contribution is -0.152. The Kier molecular flexibility index (Phi) is 7.54. The van der Waals surface area contributed by atoms with E-state index in [1.807, 2.05) is 24.3 Å². The maximum atomic E-state index is 12.5. The van der Waals surface area contributed by atoms with Crippen molar-refractivity contribution in [2.45, 2.75) is 76.1 Å². The molecule has 1 fully saturated rings. The van der Waals surface area contributed by atoms with Gasteiger partial charge < -0.3 is 25.4 Å². The molecule has 9 heteroatoms. The lowest BCUT2D eigenvalue weighted by Crippen LogP contribution is -2.55. The van der Waals surface area contributed by atoms with E-state index in [2.05, 4.69) is 24.0 Å². The summed E-state index contributed by atoms with van der Waals surface area (Å²) in [6, 6.07) is 13.3. The van der Waals surface area contributed by atoms with Crippen LogP contribution < -0.4 is 17.0 Å². The largest absolute Gasteiger partial charge is 0.399 e. The van der Waals surface area contributed by atoms with E-state index in [9.17, 15) is 19.8 Å². The van der Waals surface area contributed by atoms with Crippen LogP contribution in [0.4, 0.5) is 5.69 Å². The number of H-pyrrole nitrogens is 1. The van der Waals surface area contributed by atoms with Gasteiger partial charge in [-0.2, -0.15) is 0 Å². The van der Waals surface area contributed by atoms with Crippen LogP contribution in [0.1, 0.15) is 55.5 Å². The number of aryl methyl sites for hydroxylation is 1. The lowest BCUT2D eigenvalue weighted by atomic mass is 9.78. The number of hydrogen-bond acceptors (Lipinski definition) is 7. The molecule has 5 N–H and O–H groups in total. The van der Waals surface area contributed by atoms with E-state index < -0.39 is 41.9 Å². The summed E-state index contributed by atoms with van der Waals surface area (Å²) in [6.07, 6.45) is 3.72. The Bertz CT molecular complexity index is 1420. The molecule has 0 aliphatic carbocycles. The molecule has 202 valence electrons. The number of nitrogen functional groups attached to an aromatic ring is 1. The van der Waals surface area contributed by atoms with Crippen molar-refractivity contribution in [3.8, 4) is 11.1 Å². The van der Waals surface area contributed by atoms with Gasteiger partial charge in [0.05, 0.1) is 13.2 Å². The normalized spacial score (nSPS) is 24.6. The van der Waals surface area contributed by atoms with Crippen molar-refractivity contribution in [2.75, 3.05) is 12.3 Å². The SMILES string of the molecule is CCCCCCc1cc(-c2cccc(N)c2)cc2c1C[C@@]1(OC2)[C@@H](CO)O[C@@H](n2ccc(=O)[nH]c2=O)[C@@H]1O. The molecule has 4 atom stereocenters. The van der Waals surface area contributed by atoms with E-state index in [4.69, 9.17) is 15.2 Å². The minimum atomic E-state index is -1.25. The maximum Gasteiger partial charge on any atom is 0.330 e. The number of fused-ring (bicyclic) bond motifs is 1. The first-order valence-electron chi connectivity index (χ1n) is 13.3. The molecule has 0 bridgehead atoms. The molecule has 9 nitrogen and oxygen atoms in total. The third-order valence-electron chi connectivity index (χ3n) is 7.81. The molecule has 2 aliphatic rings. The fourth-order valence-electron chi connectivity index (χ4n) is 5.77. The predicted molar refractivity (Wildman–Crippen MR) is 144 cm³/mol. The van der Waals surface area contributed by atoms with Gasteiger partial charge in [0.25, 0.3) is 5.56 Å². The first-order chi connectivity index (χ1) is 18.4. The van der Waals surface area contributed by atoms with Crippen LogP contribution in [-0.4, -0.2) is 44.2 Å². The lowest BCUT2D eigenvalue weighted by Gasteiger charge is -2.41. The van der Waals surface area contributed by atoms with Crippen LogP contribution in [0.2, 0.25) is 0 Å². The van der Waals surface area contributed by atoms with Crippen LogP contribution in [0.5, 0.6) is 0 Å². The van der Waals surface area contributed by atoms with Crippen LogP contribution in [0.15, 0.2) is 58.3 Å². The Morgan fingerprint density at radius 1 is 1.13 bits per heavy atom. The minimum absolute atomic E-state index is 0.220. The number of unbranched alkanes of at least 4 members (excludes halogenated alkanes) is 3. The molecule has 0 saturated carbocycles. The topological polar surface area (TPSA) is 140 Å². The summed E-state index contributed by atoms with van der Waals surface area (Å²) in [5, 5.41) is 21.8. The van der Waals surface area contributed by atoms with E-state index in [1.165, 1.54) is 24.2 Å². The van der Waals surface area contributed by atoms with E-state index >= 15 is 0 Å². The minimum Gasteiger partial charge on any atom is -0.399 e. The van der Waals surface area contributed by atoms with Gasteiger partial charge >= 0.3 is 5.69 Å². The number of ether oxygens (including phenoxy) is 2. The number of nitrogens with one attached hydrogen (secondary N) is 1. The van der Waals surface area contributed by atoms with Gasteiger partial charge in [-0.1, -0.05) is 44.4 Å². The van der Waals surface area contributed by atoms with Crippen molar-refractivity contribution >= 4 is 5.69 Å². The number of aliphatic hydroxyl groups is 2. The quantitative estimate of drug-likeness (QED) is 0.264. The number of aliphatic hydroxyl groups excluding tert-OH is 2. The fraction of sp³-hybridized carbons (Fsp3) is 0.448. The number of nitrogens with zero attached hydrogens (tertiary/aromatic N) is 1. The number of anilines is 1. The first-order valence-corrected chi connectivity index (χ1v) is 13.3. The zero-order valence-electron chi connectivity index (χ0n) is 21.6. The van der Waals surface area contributed by atoms with E-state index in [0.29, 0.717) is 12.1 Å². The summed E-state index contributed by atoms with van der Waals surface area (Å²) in [6.45, 7) is 2.01. The van der Waals surface area contributed by atoms with Crippen molar-refractivity contribution in [2.24, 2.45) is 0 Å². The summed E-state index contributed by atoms with van der Waals surface area (Å²) in [5.41, 5.74) is 9.62. The van der Waals surface area contributed by atoms with Crippen molar-refractivity contribution in [3.05, 3.63) is 86.2 Å². The molecule has 5 rings (SSSR count). The molecule has 1 spiro atoms. The van der Waals surface area contributed by atoms with Crippen LogP contribution in [-0.2, 0) is 28.9 Å². The molecule has 3 aromatic rings. The van der Waals surface area contributed by atoms with Gasteiger partial charge in [-0.15, -0.1) is 0 Å². The molecular formula is C29H35N3O6. The van der Waals surface area contributed by atoms with Gasteiger partial charge in [0.1, 0.15) is 17.8 Å². The van der Waals surface area contributed by atoms with Gasteiger partial charge in [-0.25, -0.2) is 4.79 Å². The summed E-state index contributed by atoms with van der Waals surface area (Å²) < 4.78 is 13.5. The van der Waals surface area contributed by atoms with Gasteiger partial charge in [-0.3, -0.25) is 14.3 Å². The Hall–Kier alpha value is -3.24. The van der Waals surface area contributed by atoms with E-state index in [1.54, 1.807) is 0 Å². The number of aromatic amines is 1. The number of rotatable bonds is 8. The predicted octanol–water partition coefficient (Wildman–Crippen LogP) is 2.67. The van der Waals surface area contributed by atoms with Crippen molar-refractivity contribution in [3.63, 3.8) is 0 Å². The molecule has 1 saturated heterocycles. The van der Waals surface area contributed by atoms with Crippen LogP contribution >= 0.6 is 0 Å². The zero-order chi connectivity index (χ0) is 26.9. The first kappa shape index (κ1) is 26.4. The number of nitrogens with two attached hydrogens (primary N) is 1. The number of benzene rings is 2. The highest BCUT2D eigenvalue weighted by Gasteiger charge is 2.59. The molecular weight excluding hydrogens is 486 g/mol. The highest BCUT2D eigenvalue weighted by atomic mass is 16.6. The Labute approximate surface area is 220 Å². The molecule has 0 amide bonds. The summed E-state index contributed by atoms with van der Waals surface area (Å²) in [5.74, 6) is 0. The highest BCUT2D eigenvalue weighted by Crippen LogP contribution is 2.46. The molecule has 2 aliphatic heterocycles. The van der Waals surface area contributed by atoms with E-state index in [-0.39, 0.29) is 6.61 Å². The molecule has 3 heterocycles. The molecule has 38 heavy (non-hydrogen) atoms. The standard InChI is InChI=1S/C29H35N3O6/c1-2-3-4-5-7-19-12-20(18-8-6-9-22(30)14-18)13-21-17-37-29(15-23(19)21)24(16-33)38-27(26(29)35)32-11-10-25(34)31-28(32)36/h6,8-14,24,26-27,33,35H,2-5,7,15-17,30H2,1H3,(H,31,34,36)/t24-,26+,27-,29-/m1/s1. The third-order valence-corrected chi connectivity index (χ3v) is 7.81. The van der Waals surface area contributed by atoms with Gasteiger partial charge in [0, 0.05) is 24.4 Å². The Morgan fingerprint density at radius 2 is 1.97 bits per heavy atom. The molecule has 2 aromatic carbocycles. The fourth-order valence-corrected chi connectivity index (χ4v) is 5.77. The van der Waals surface area contributed by atoms with Crippen molar-refractivity contribution < 1.29 is 19.7 Å².